The van der Waals surface area contributed by atoms with E-state index in [4.69, 9.17) is 4.42 Å². The molecule has 10 rings (SSSR count). The van der Waals surface area contributed by atoms with Crippen molar-refractivity contribution in [1.82, 2.24) is 0 Å². The SMILES string of the molecule is C=C/C=C\C=C/CC1=C(c2ccc3ccccc3c2)C=C(N(c2ccc(-c3ccc4ccc5oc6ccccc6c5c4c3)cc2)c2cccc(-c3ccccc3)c2)CC1. The van der Waals surface area contributed by atoms with Crippen molar-refractivity contribution in [2.24, 2.45) is 0 Å². The van der Waals surface area contributed by atoms with E-state index >= 15 is 0 Å². The van der Waals surface area contributed by atoms with Crippen LogP contribution in [0.25, 0.3) is 71.3 Å². The normalized spacial score (nSPS) is 13.3. The van der Waals surface area contributed by atoms with E-state index in [2.05, 4.69) is 206 Å². The summed E-state index contributed by atoms with van der Waals surface area (Å²) in [4.78, 5) is 2.47. The number of fused-ring (bicyclic) bond motifs is 6. The van der Waals surface area contributed by atoms with Crippen LogP contribution in [0.1, 0.15) is 24.8 Å². The molecule has 59 heavy (non-hydrogen) atoms. The second-order valence-corrected chi connectivity index (χ2v) is 15.2. The van der Waals surface area contributed by atoms with E-state index in [1.807, 2.05) is 18.2 Å². The Morgan fingerprint density at radius 3 is 2.08 bits per heavy atom. The van der Waals surface area contributed by atoms with Crippen LogP contribution in [0.4, 0.5) is 11.4 Å². The third kappa shape index (κ3) is 7.11. The summed E-state index contributed by atoms with van der Waals surface area (Å²) in [6.07, 6.45) is 15.4. The number of hydrogen-bond acceptors (Lipinski definition) is 2. The van der Waals surface area contributed by atoms with Gasteiger partial charge in [0, 0.05) is 27.8 Å². The number of rotatable bonds is 10. The number of furan rings is 1. The van der Waals surface area contributed by atoms with Crippen LogP contribution < -0.4 is 4.90 Å². The van der Waals surface area contributed by atoms with Gasteiger partial charge in [0.1, 0.15) is 11.2 Å². The zero-order valence-electron chi connectivity index (χ0n) is 32.9. The van der Waals surface area contributed by atoms with Crippen molar-refractivity contribution in [3.63, 3.8) is 0 Å². The van der Waals surface area contributed by atoms with Gasteiger partial charge in [-0.3, -0.25) is 0 Å². The van der Waals surface area contributed by atoms with Gasteiger partial charge in [0.05, 0.1) is 0 Å². The van der Waals surface area contributed by atoms with Gasteiger partial charge in [0.2, 0.25) is 0 Å². The molecule has 2 heteroatoms. The largest absolute Gasteiger partial charge is 0.456 e. The molecular weight excluding hydrogens is 715 g/mol. The number of nitrogens with zero attached hydrogens (tertiary/aromatic N) is 1. The fourth-order valence-electron chi connectivity index (χ4n) is 8.68. The molecule has 0 spiro atoms. The number of allylic oxidation sites excluding steroid dienone is 9. The Bertz CT molecular complexity index is 3140. The van der Waals surface area contributed by atoms with Crippen LogP contribution in [-0.4, -0.2) is 0 Å². The molecule has 0 amide bonds. The maximum Gasteiger partial charge on any atom is 0.136 e. The van der Waals surface area contributed by atoms with E-state index in [0.29, 0.717) is 0 Å². The van der Waals surface area contributed by atoms with Gasteiger partial charge >= 0.3 is 0 Å². The predicted molar refractivity (Wildman–Crippen MR) is 252 cm³/mol. The third-order valence-electron chi connectivity index (χ3n) is 11.6. The summed E-state index contributed by atoms with van der Waals surface area (Å²) in [6.45, 7) is 3.82. The molecule has 0 atom stereocenters. The molecule has 8 aromatic carbocycles. The molecule has 2 nitrogen and oxygen atoms in total. The first-order valence-corrected chi connectivity index (χ1v) is 20.5. The van der Waals surface area contributed by atoms with Gasteiger partial charge in [-0.1, -0.05) is 170 Å². The van der Waals surface area contributed by atoms with Crippen molar-refractivity contribution >= 4 is 60.4 Å². The number of hydrogen-bond donors (Lipinski definition) is 0. The first-order chi connectivity index (χ1) is 29.2. The van der Waals surface area contributed by atoms with E-state index in [0.717, 1.165) is 47.2 Å². The van der Waals surface area contributed by atoms with Crippen molar-refractivity contribution in [3.8, 4) is 22.3 Å². The molecule has 282 valence electrons. The lowest BCUT2D eigenvalue weighted by Crippen LogP contribution is -2.19. The zero-order chi connectivity index (χ0) is 39.5. The fourth-order valence-corrected chi connectivity index (χ4v) is 8.68. The molecule has 1 aliphatic carbocycles. The van der Waals surface area contributed by atoms with Crippen molar-refractivity contribution in [2.75, 3.05) is 4.90 Å². The monoisotopic (exact) mass is 757 g/mol. The zero-order valence-corrected chi connectivity index (χ0v) is 32.9. The molecule has 9 aromatic rings. The molecule has 1 aromatic heterocycles. The van der Waals surface area contributed by atoms with E-state index in [1.165, 1.54) is 71.6 Å². The predicted octanol–water partition coefficient (Wildman–Crippen LogP) is 16.2. The Morgan fingerprint density at radius 1 is 0.492 bits per heavy atom. The second-order valence-electron chi connectivity index (χ2n) is 15.2. The number of benzene rings is 8. The van der Waals surface area contributed by atoms with E-state index in [9.17, 15) is 0 Å². The molecule has 0 N–H and O–H groups in total. The third-order valence-corrected chi connectivity index (χ3v) is 11.6. The van der Waals surface area contributed by atoms with E-state index in [1.54, 1.807) is 0 Å². The fraction of sp³-hybridized carbons (Fsp3) is 0.0526. The molecule has 0 saturated heterocycles. The summed E-state index contributed by atoms with van der Waals surface area (Å²) in [5.74, 6) is 0. The van der Waals surface area contributed by atoms with Gasteiger partial charge < -0.3 is 9.32 Å². The van der Waals surface area contributed by atoms with Crippen molar-refractivity contribution < 1.29 is 4.42 Å². The topological polar surface area (TPSA) is 16.4 Å². The van der Waals surface area contributed by atoms with Gasteiger partial charge in [-0.15, -0.1) is 0 Å². The summed E-state index contributed by atoms with van der Waals surface area (Å²) in [5, 5.41) is 7.23. The highest BCUT2D eigenvalue weighted by molar-refractivity contribution is 6.19. The van der Waals surface area contributed by atoms with Crippen LogP contribution in [0.15, 0.2) is 235 Å². The molecule has 0 radical (unpaired) electrons. The second kappa shape index (κ2) is 15.8. The minimum Gasteiger partial charge on any atom is -0.456 e. The average Bonchev–Trinajstić information content (AvgIpc) is 3.69. The smallest absolute Gasteiger partial charge is 0.136 e. The molecule has 1 heterocycles. The maximum atomic E-state index is 6.26. The van der Waals surface area contributed by atoms with Crippen LogP contribution in [-0.2, 0) is 0 Å². The summed E-state index contributed by atoms with van der Waals surface area (Å²) >= 11 is 0. The molecule has 0 fully saturated rings. The summed E-state index contributed by atoms with van der Waals surface area (Å²) < 4.78 is 6.26. The first-order valence-electron chi connectivity index (χ1n) is 20.5. The van der Waals surface area contributed by atoms with Gasteiger partial charge in [-0.25, -0.2) is 0 Å². The summed E-state index contributed by atoms with van der Waals surface area (Å²) in [6, 6.07) is 63.7. The molecule has 1 aliphatic rings. The van der Waals surface area contributed by atoms with Crippen molar-refractivity contribution in [3.05, 3.63) is 236 Å². The highest BCUT2D eigenvalue weighted by Gasteiger charge is 2.22. The minimum absolute atomic E-state index is 0.887. The number of anilines is 2. The Labute approximate surface area is 345 Å². The van der Waals surface area contributed by atoms with Crippen LogP contribution in [0.3, 0.4) is 0 Å². The van der Waals surface area contributed by atoms with E-state index in [-0.39, 0.29) is 0 Å². The van der Waals surface area contributed by atoms with Crippen LogP contribution in [0, 0.1) is 0 Å². The van der Waals surface area contributed by atoms with E-state index < -0.39 is 0 Å². The summed E-state index contributed by atoms with van der Waals surface area (Å²) in [5.41, 5.74) is 14.1. The molecule has 0 bridgehead atoms. The van der Waals surface area contributed by atoms with Gasteiger partial charge in [-0.2, -0.15) is 0 Å². The maximum absolute atomic E-state index is 6.26. The molecule has 0 saturated carbocycles. The Kier molecular flexibility index (Phi) is 9.66. The van der Waals surface area contributed by atoms with Gasteiger partial charge in [0.15, 0.2) is 0 Å². The first kappa shape index (κ1) is 36.0. The Hall–Kier alpha value is -7.42. The standard InChI is InChI=1S/C57H43NO/c1-2-3-4-5-7-18-43-30-34-51(39-53(43)48-27-24-41-17-10-11-19-45(41)36-48)58(50-21-14-20-46(37-50)40-15-8-6-9-16-40)49-32-28-42(29-33-49)47-26-25-44-31-35-56-57(54(44)38-47)52-22-12-13-23-55(52)59-56/h2-17,19-29,31-33,35-39H,1,18,30,34H2/b4-3-,7-5-. The summed E-state index contributed by atoms with van der Waals surface area (Å²) in [7, 11) is 0. The average molecular weight is 758 g/mol. The Balaban J connectivity index is 1.09. The van der Waals surface area contributed by atoms with Crippen molar-refractivity contribution in [2.45, 2.75) is 19.3 Å². The van der Waals surface area contributed by atoms with Crippen LogP contribution in [0.5, 0.6) is 0 Å². The quantitative estimate of drug-likeness (QED) is 0.129. The van der Waals surface area contributed by atoms with Gasteiger partial charge in [0.25, 0.3) is 0 Å². The molecule has 0 aliphatic heterocycles. The molecular formula is C57H43NO. The van der Waals surface area contributed by atoms with Crippen LogP contribution >= 0.6 is 0 Å². The van der Waals surface area contributed by atoms with Gasteiger partial charge in [-0.05, 0) is 129 Å². The highest BCUT2D eigenvalue weighted by Crippen LogP contribution is 2.42. The Morgan fingerprint density at radius 2 is 1.20 bits per heavy atom. The van der Waals surface area contributed by atoms with Crippen molar-refractivity contribution in [1.29, 1.82) is 0 Å². The number of para-hydroxylation sites is 1. The molecule has 0 unspecified atom stereocenters. The minimum atomic E-state index is 0.887. The lowest BCUT2D eigenvalue weighted by Gasteiger charge is -2.32. The van der Waals surface area contributed by atoms with Crippen LogP contribution in [0.2, 0.25) is 0 Å². The lowest BCUT2D eigenvalue weighted by molar-refractivity contribution is 0.669. The highest BCUT2D eigenvalue weighted by atomic mass is 16.3. The lowest BCUT2D eigenvalue weighted by atomic mass is 9.87.